The second kappa shape index (κ2) is 8.19. The van der Waals surface area contributed by atoms with E-state index in [0.29, 0.717) is 6.61 Å². The van der Waals surface area contributed by atoms with Crippen LogP contribution in [0, 0.1) is 6.92 Å². The lowest BCUT2D eigenvalue weighted by atomic mass is 10.1. The molecule has 0 saturated carbocycles. The normalized spacial score (nSPS) is 12.4. The Kier molecular flexibility index (Phi) is 5.74. The van der Waals surface area contributed by atoms with Gasteiger partial charge in [0, 0.05) is 5.39 Å². The van der Waals surface area contributed by atoms with Crippen LogP contribution in [0.4, 0.5) is 0 Å². The van der Waals surface area contributed by atoms with E-state index in [0.717, 1.165) is 30.1 Å². The second-order valence-electron chi connectivity index (χ2n) is 6.23. The zero-order chi connectivity index (χ0) is 17.6. The van der Waals surface area contributed by atoms with E-state index in [1.165, 1.54) is 16.5 Å². The number of furan rings is 1. The van der Waals surface area contributed by atoms with E-state index in [4.69, 9.17) is 14.3 Å². The standard InChI is InChI=1S/C21H25NO3/c1-15-19-5-3-4-6-20(19)25-21(15)16(2)22-12-11-17-7-9-18(10-8-17)24-14-13-23/h3-10,16,22-23H,11-14H2,1-2H3. The van der Waals surface area contributed by atoms with Gasteiger partial charge in [-0.25, -0.2) is 0 Å². The summed E-state index contributed by atoms with van der Waals surface area (Å²) >= 11 is 0. The van der Waals surface area contributed by atoms with Gasteiger partial charge in [0.2, 0.25) is 0 Å². The minimum atomic E-state index is 0.0325. The molecule has 4 heteroatoms. The number of fused-ring (bicyclic) bond motifs is 1. The molecule has 4 nitrogen and oxygen atoms in total. The molecule has 1 unspecified atom stereocenters. The van der Waals surface area contributed by atoms with E-state index >= 15 is 0 Å². The van der Waals surface area contributed by atoms with Crippen molar-refractivity contribution < 1.29 is 14.3 Å². The van der Waals surface area contributed by atoms with Crippen LogP contribution in [0.2, 0.25) is 0 Å². The highest BCUT2D eigenvalue weighted by Gasteiger charge is 2.15. The Balaban J connectivity index is 1.55. The van der Waals surface area contributed by atoms with Crippen molar-refractivity contribution in [2.24, 2.45) is 0 Å². The van der Waals surface area contributed by atoms with E-state index in [2.05, 4.69) is 37.4 Å². The molecule has 1 atom stereocenters. The molecule has 0 aliphatic rings. The number of rotatable bonds is 8. The van der Waals surface area contributed by atoms with Crippen molar-refractivity contribution in [2.75, 3.05) is 19.8 Å². The lowest BCUT2D eigenvalue weighted by Gasteiger charge is -2.13. The number of hydrogen-bond donors (Lipinski definition) is 2. The van der Waals surface area contributed by atoms with Crippen molar-refractivity contribution in [1.29, 1.82) is 0 Å². The Morgan fingerprint density at radius 1 is 1.12 bits per heavy atom. The molecular formula is C21H25NO3. The van der Waals surface area contributed by atoms with Crippen molar-refractivity contribution in [1.82, 2.24) is 5.32 Å². The molecule has 3 rings (SSSR count). The van der Waals surface area contributed by atoms with Crippen LogP contribution in [0.15, 0.2) is 52.9 Å². The number of ether oxygens (including phenoxy) is 1. The molecule has 0 aliphatic carbocycles. The summed E-state index contributed by atoms with van der Waals surface area (Å²) in [6.45, 7) is 5.48. The maximum atomic E-state index is 8.77. The van der Waals surface area contributed by atoms with Crippen LogP contribution in [-0.4, -0.2) is 24.9 Å². The molecule has 1 heterocycles. The Morgan fingerprint density at radius 3 is 2.60 bits per heavy atom. The van der Waals surface area contributed by atoms with E-state index in [-0.39, 0.29) is 12.6 Å². The van der Waals surface area contributed by atoms with Gasteiger partial charge in [0.1, 0.15) is 23.7 Å². The summed E-state index contributed by atoms with van der Waals surface area (Å²) in [6.07, 6.45) is 0.934. The fourth-order valence-corrected chi connectivity index (χ4v) is 3.05. The highest BCUT2D eigenvalue weighted by molar-refractivity contribution is 5.82. The third-order valence-corrected chi connectivity index (χ3v) is 4.42. The second-order valence-corrected chi connectivity index (χ2v) is 6.23. The first-order chi connectivity index (χ1) is 12.2. The number of para-hydroxylation sites is 1. The first-order valence-corrected chi connectivity index (χ1v) is 8.73. The molecule has 0 fully saturated rings. The number of nitrogens with one attached hydrogen (secondary N) is 1. The monoisotopic (exact) mass is 339 g/mol. The highest BCUT2D eigenvalue weighted by atomic mass is 16.5. The summed E-state index contributed by atoms with van der Waals surface area (Å²) in [5.41, 5.74) is 3.40. The Labute approximate surface area is 148 Å². The van der Waals surface area contributed by atoms with Crippen LogP contribution >= 0.6 is 0 Å². The average Bonchev–Trinajstić information content (AvgIpc) is 2.98. The van der Waals surface area contributed by atoms with Gasteiger partial charge in [-0.15, -0.1) is 0 Å². The van der Waals surface area contributed by atoms with Gasteiger partial charge in [0.05, 0.1) is 12.6 Å². The molecule has 0 radical (unpaired) electrons. The van der Waals surface area contributed by atoms with Crippen molar-refractivity contribution in [3.05, 3.63) is 65.4 Å². The molecule has 1 aromatic heterocycles. The van der Waals surface area contributed by atoms with E-state index in [9.17, 15) is 0 Å². The van der Waals surface area contributed by atoms with Gasteiger partial charge in [0.25, 0.3) is 0 Å². The van der Waals surface area contributed by atoms with Crippen LogP contribution in [0.3, 0.4) is 0 Å². The molecule has 0 aliphatic heterocycles. The quantitative estimate of drug-likeness (QED) is 0.651. The summed E-state index contributed by atoms with van der Waals surface area (Å²) < 4.78 is 11.4. The zero-order valence-corrected chi connectivity index (χ0v) is 14.8. The largest absolute Gasteiger partial charge is 0.491 e. The SMILES string of the molecule is Cc1c(C(C)NCCc2ccc(OCCO)cc2)oc2ccccc12. The van der Waals surface area contributed by atoms with Gasteiger partial charge >= 0.3 is 0 Å². The van der Waals surface area contributed by atoms with Crippen LogP contribution < -0.4 is 10.1 Å². The van der Waals surface area contributed by atoms with Gasteiger partial charge in [-0.1, -0.05) is 30.3 Å². The maximum Gasteiger partial charge on any atom is 0.134 e. The fraction of sp³-hybridized carbons (Fsp3) is 0.333. The van der Waals surface area contributed by atoms with Crippen LogP contribution in [0.5, 0.6) is 5.75 Å². The van der Waals surface area contributed by atoms with Gasteiger partial charge in [0.15, 0.2) is 0 Å². The highest BCUT2D eigenvalue weighted by Crippen LogP contribution is 2.29. The fourth-order valence-electron chi connectivity index (χ4n) is 3.05. The molecule has 25 heavy (non-hydrogen) atoms. The number of aliphatic hydroxyl groups is 1. The predicted molar refractivity (Wildman–Crippen MR) is 100 cm³/mol. The molecule has 0 saturated heterocycles. The number of aryl methyl sites for hydroxylation is 1. The predicted octanol–water partition coefficient (Wildman–Crippen LogP) is 4.01. The molecule has 132 valence electrons. The van der Waals surface area contributed by atoms with Crippen molar-refractivity contribution in [3.63, 3.8) is 0 Å². The smallest absolute Gasteiger partial charge is 0.134 e. The number of hydrogen-bond acceptors (Lipinski definition) is 4. The minimum Gasteiger partial charge on any atom is -0.491 e. The Morgan fingerprint density at radius 2 is 1.88 bits per heavy atom. The number of aliphatic hydroxyl groups excluding tert-OH is 1. The Hall–Kier alpha value is -2.30. The van der Waals surface area contributed by atoms with E-state index < -0.39 is 0 Å². The first kappa shape index (κ1) is 17.5. The van der Waals surface area contributed by atoms with Crippen molar-refractivity contribution in [3.8, 4) is 5.75 Å². The Bertz CT molecular complexity index is 808. The molecular weight excluding hydrogens is 314 g/mol. The topological polar surface area (TPSA) is 54.6 Å². The molecule has 0 spiro atoms. The summed E-state index contributed by atoms with van der Waals surface area (Å²) in [4.78, 5) is 0. The van der Waals surface area contributed by atoms with Gasteiger partial charge in [-0.2, -0.15) is 0 Å². The number of benzene rings is 2. The van der Waals surface area contributed by atoms with Crippen LogP contribution in [0.25, 0.3) is 11.0 Å². The molecule has 0 amide bonds. The molecule has 2 N–H and O–H groups in total. The van der Waals surface area contributed by atoms with Crippen LogP contribution in [0.1, 0.15) is 29.9 Å². The van der Waals surface area contributed by atoms with Crippen molar-refractivity contribution in [2.45, 2.75) is 26.3 Å². The lowest BCUT2D eigenvalue weighted by Crippen LogP contribution is -2.21. The van der Waals surface area contributed by atoms with Gasteiger partial charge < -0.3 is 19.6 Å². The molecule has 2 aromatic carbocycles. The average molecular weight is 339 g/mol. The maximum absolute atomic E-state index is 8.77. The molecule has 0 bridgehead atoms. The summed E-state index contributed by atoms with van der Waals surface area (Å²) in [7, 11) is 0. The first-order valence-electron chi connectivity index (χ1n) is 8.73. The van der Waals surface area contributed by atoms with Crippen molar-refractivity contribution >= 4 is 11.0 Å². The molecule has 3 aromatic rings. The summed E-state index contributed by atoms with van der Waals surface area (Å²) in [6, 6.07) is 16.3. The van der Waals surface area contributed by atoms with E-state index in [1.807, 2.05) is 30.3 Å². The summed E-state index contributed by atoms with van der Waals surface area (Å²) in [5.74, 6) is 1.80. The van der Waals surface area contributed by atoms with Crippen LogP contribution in [-0.2, 0) is 6.42 Å². The zero-order valence-electron chi connectivity index (χ0n) is 14.8. The summed E-state index contributed by atoms with van der Waals surface area (Å²) in [5, 5.41) is 13.5. The van der Waals surface area contributed by atoms with Gasteiger partial charge in [-0.3, -0.25) is 0 Å². The van der Waals surface area contributed by atoms with Gasteiger partial charge in [-0.05, 0) is 56.1 Å². The third kappa shape index (κ3) is 4.21. The lowest BCUT2D eigenvalue weighted by molar-refractivity contribution is 0.201. The third-order valence-electron chi connectivity index (χ3n) is 4.42. The van der Waals surface area contributed by atoms with E-state index in [1.54, 1.807) is 0 Å². The minimum absolute atomic E-state index is 0.0325.